The summed E-state index contributed by atoms with van der Waals surface area (Å²) >= 11 is 0. The molecule has 4 nitrogen and oxygen atoms in total. The molecule has 4 heteroatoms. The van der Waals surface area contributed by atoms with Crippen LogP contribution in [0.4, 0.5) is 0 Å². The SMILES string of the molecule is CCCOC(=O)C1=CC=CC(C)(C)C=C1C(=O)OCCC. The van der Waals surface area contributed by atoms with E-state index in [-0.39, 0.29) is 16.6 Å². The summed E-state index contributed by atoms with van der Waals surface area (Å²) in [6, 6.07) is 0. The fraction of sp³-hybridized carbons (Fsp3) is 0.529. The number of carbonyl (C=O) groups excluding carboxylic acids is 2. The lowest BCUT2D eigenvalue weighted by Gasteiger charge is -2.16. The second-order valence-corrected chi connectivity index (χ2v) is 5.59. The van der Waals surface area contributed by atoms with Crippen molar-refractivity contribution < 1.29 is 19.1 Å². The van der Waals surface area contributed by atoms with E-state index in [0.717, 1.165) is 12.8 Å². The zero-order chi connectivity index (χ0) is 15.9. The molecule has 0 aliphatic heterocycles. The average Bonchev–Trinajstić information content (AvgIpc) is 2.60. The number of rotatable bonds is 6. The summed E-state index contributed by atoms with van der Waals surface area (Å²) < 4.78 is 10.3. The Bertz CT molecular complexity index is 481. The molecule has 0 aromatic rings. The van der Waals surface area contributed by atoms with Gasteiger partial charge in [-0.3, -0.25) is 0 Å². The first kappa shape index (κ1) is 17.2. The first-order chi connectivity index (χ1) is 9.91. The van der Waals surface area contributed by atoms with E-state index < -0.39 is 11.9 Å². The zero-order valence-electron chi connectivity index (χ0n) is 13.3. The van der Waals surface area contributed by atoms with E-state index in [0.29, 0.717) is 13.2 Å². The van der Waals surface area contributed by atoms with Crippen LogP contribution in [0.3, 0.4) is 0 Å². The summed E-state index contributed by atoms with van der Waals surface area (Å²) in [6.07, 6.45) is 8.55. The largest absolute Gasteiger partial charge is 0.462 e. The molecule has 0 saturated heterocycles. The molecule has 0 saturated carbocycles. The first-order valence-corrected chi connectivity index (χ1v) is 7.38. The molecule has 0 aromatic heterocycles. The molecule has 0 N–H and O–H groups in total. The summed E-state index contributed by atoms with van der Waals surface area (Å²) in [7, 11) is 0. The Morgan fingerprint density at radius 2 is 1.52 bits per heavy atom. The minimum Gasteiger partial charge on any atom is -0.462 e. The highest BCUT2D eigenvalue weighted by atomic mass is 16.5. The lowest BCUT2D eigenvalue weighted by Crippen LogP contribution is -2.19. The van der Waals surface area contributed by atoms with Gasteiger partial charge in [-0.25, -0.2) is 9.59 Å². The summed E-state index contributed by atoms with van der Waals surface area (Å²) in [5.41, 5.74) is 0.204. The molecular weight excluding hydrogens is 268 g/mol. The molecular formula is C17H24O4. The first-order valence-electron chi connectivity index (χ1n) is 7.38. The number of hydrogen-bond acceptors (Lipinski definition) is 4. The zero-order valence-corrected chi connectivity index (χ0v) is 13.3. The number of ether oxygens (including phenoxy) is 2. The van der Waals surface area contributed by atoms with Crippen LogP contribution < -0.4 is 0 Å². The molecule has 0 atom stereocenters. The van der Waals surface area contributed by atoms with Gasteiger partial charge in [0.1, 0.15) is 0 Å². The number of esters is 2. The Labute approximate surface area is 126 Å². The van der Waals surface area contributed by atoms with Gasteiger partial charge < -0.3 is 9.47 Å². The van der Waals surface area contributed by atoms with Gasteiger partial charge in [-0.05, 0) is 18.9 Å². The smallest absolute Gasteiger partial charge is 0.338 e. The molecule has 1 aliphatic rings. The van der Waals surface area contributed by atoms with Crippen LogP contribution in [0.1, 0.15) is 40.5 Å². The predicted molar refractivity (Wildman–Crippen MR) is 81.6 cm³/mol. The summed E-state index contributed by atoms with van der Waals surface area (Å²) in [4.78, 5) is 24.4. The second kappa shape index (κ2) is 7.81. The molecule has 1 rings (SSSR count). The van der Waals surface area contributed by atoms with Crippen molar-refractivity contribution in [1.29, 1.82) is 0 Å². The minimum absolute atomic E-state index is 0.256. The van der Waals surface area contributed by atoms with Gasteiger partial charge in [0, 0.05) is 5.41 Å². The van der Waals surface area contributed by atoms with Gasteiger partial charge >= 0.3 is 11.9 Å². The Morgan fingerprint density at radius 3 is 2.05 bits per heavy atom. The summed E-state index contributed by atoms with van der Waals surface area (Å²) in [6.45, 7) is 8.44. The topological polar surface area (TPSA) is 52.6 Å². The quantitative estimate of drug-likeness (QED) is 0.705. The van der Waals surface area contributed by atoms with Crippen molar-refractivity contribution in [3.05, 3.63) is 35.5 Å². The maximum absolute atomic E-state index is 12.2. The molecule has 1 aliphatic carbocycles. The molecule has 21 heavy (non-hydrogen) atoms. The molecule has 116 valence electrons. The van der Waals surface area contributed by atoms with Crippen molar-refractivity contribution in [1.82, 2.24) is 0 Å². The van der Waals surface area contributed by atoms with Gasteiger partial charge in [-0.1, -0.05) is 45.9 Å². The fourth-order valence-corrected chi connectivity index (χ4v) is 1.87. The van der Waals surface area contributed by atoms with Crippen LogP contribution in [-0.4, -0.2) is 25.2 Å². The number of hydrogen-bond donors (Lipinski definition) is 0. The van der Waals surface area contributed by atoms with Crippen molar-refractivity contribution in [2.24, 2.45) is 5.41 Å². The normalized spacial score (nSPS) is 16.6. The third-order valence-electron chi connectivity index (χ3n) is 2.91. The molecule has 0 heterocycles. The third-order valence-corrected chi connectivity index (χ3v) is 2.91. The minimum atomic E-state index is -0.487. The van der Waals surface area contributed by atoms with Crippen molar-refractivity contribution in [3.63, 3.8) is 0 Å². The van der Waals surface area contributed by atoms with E-state index >= 15 is 0 Å². The third kappa shape index (κ3) is 5.21. The van der Waals surface area contributed by atoms with E-state index in [1.165, 1.54) is 0 Å². The molecule has 0 amide bonds. The van der Waals surface area contributed by atoms with Crippen LogP contribution >= 0.6 is 0 Å². The van der Waals surface area contributed by atoms with E-state index in [9.17, 15) is 9.59 Å². The monoisotopic (exact) mass is 292 g/mol. The van der Waals surface area contributed by atoms with E-state index in [4.69, 9.17) is 9.47 Å². The highest BCUT2D eigenvalue weighted by Gasteiger charge is 2.27. The summed E-state index contributed by atoms with van der Waals surface area (Å²) in [5.74, 6) is -0.966. The standard InChI is InChI=1S/C17H24O4/c1-5-10-20-15(18)13-8-7-9-17(3,4)12-14(13)16(19)21-11-6-2/h7-9,12H,5-6,10-11H2,1-4H3. The number of allylic oxidation sites excluding steroid dienone is 4. The Balaban J connectivity index is 3.06. The van der Waals surface area contributed by atoms with Crippen molar-refractivity contribution >= 4 is 11.9 Å². The van der Waals surface area contributed by atoms with Gasteiger partial charge in [-0.15, -0.1) is 0 Å². The highest BCUT2D eigenvalue weighted by molar-refractivity contribution is 6.07. The molecule has 0 radical (unpaired) electrons. The Kier molecular flexibility index (Phi) is 6.40. The van der Waals surface area contributed by atoms with Crippen LogP contribution in [0.15, 0.2) is 35.5 Å². The van der Waals surface area contributed by atoms with Crippen molar-refractivity contribution in [2.75, 3.05) is 13.2 Å². The Hall–Kier alpha value is -1.84. The lowest BCUT2D eigenvalue weighted by molar-refractivity contribution is -0.142. The lowest BCUT2D eigenvalue weighted by atomic mass is 9.90. The maximum Gasteiger partial charge on any atom is 0.338 e. The van der Waals surface area contributed by atoms with E-state index in [2.05, 4.69) is 0 Å². The van der Waals surface area contributed by atoms with E-state index in [1.54, 1.807) is 18.2 Å². The molecule has 0 unspecified atom stereocenters. The van der Waals surface area contributed by atoms with Crippen LogP contribution in [0, 0.1) is 5.41 Å². The molecule has 0 fully saturated rings. The fourth-order valence-electron chi connectivity index (χ4n) is 1.87. The Morgan fingerprint density at radius 1 is 1.00 bits per heavy atom. The van der Waals surface area contributed by atoms with Crippen LogP contribution in [0.5, 0.6) is 0 Å². The van der Waals surface area contributed by atoms with Gasteiger partial charge in [-0.2, -0.15) is 0 Å². The average molecular weight is 292 g/mol. The molecule has 0 aromatic carbocycles. The van der Waals surface area contributed by atoms with Crippen LogP contribution in [0.25, 0.3) is 0 Å². The number of carbonyl (C=O) groups is 2. The maximum atomic E-state index is 12.2. The van der Waals surface area contributed by atoms with E-state index in [1.807, 2.05) is 33.8 Å². The predicted octanol–water partition coefficient (Wildman–Crippen LogP) is 3.34. The van der Waals surface area contributed by atoms with Gasteiger partial charge in [0.2, 0.25) is 0 Å². The van der Waals surface area contributed by atoms with Gasteiger partial charge in [0.05, 0.1) is 24.4 Å². The second-order valence-electron chi connectivity index (χ2n) is 5.59. The molecule has 0 spiro atoms. The summed E-state index contributed by atoms with van der Waals surface area (Å²) in [5, 5.41) is 0. The van der Waals surface area contributed by atoms with Gasteiger partial charge in [0.15, 0.2) is 0 Å². The highest BCUT2D eigenvalue weighted by Crippen LogP contribution is 2.28. The van der Waals surface area contributed by atoms with Crippen LogP contribution in [-0.2, 0) is 19.1 Å². The van der Waals surface area contributed by atoms with Crippen LogP contribution in [0.2, 0.25) is 0 Å². The van der Waals surface area contributed by atoms with Crippen molar-refractivity contribution in [3.8, 4) is 0 Å². The van der Waals surface area contributed by atoms with Crippen molar-refractivity contribution in [2.45, 2.75) is 40.5 Å². The van der Waals surface area contributed by atoms with Gasteiger partial charge in [0.25, 0.3) is 0 Å². The molecule has 0 bridgehead atoms.